The van der Waals surface area contributed by atoms with E-state index in [1.807, 2.05) is 36.1 Å². The molecular weight excluding hydrogens is 306 g/mol. The van der Waals surface area contributed by atoms with Crippen LogP contribution in [-0.2, 0) is 0 Å². The van der Waals surface area contributed by atoms with E-state index in [1.165, 1.54) is 0 Å². The first-order valence-corrected chi connectivity index (χ1v) is 7.95. The third kappa shape index (κ3) is 3.50. The number of alkyl halides is 1. The summed E-state index contributed by atoms with van der Waals surface area (Å²) in [6, 6.07) is 7.51. The molecule has 0 bridgehead atoms. The molecule has 2 rings (SSSR count). The van der Waals surface area contributed by atoms with E-state index in [0.717, 1.165) is 31.3 Å². The molecule has 1 fully saturated rings. The van der Waals surface area contributed by atoms with Gasteiger partial charge in [-0.1, -0.05) is 28.1 Å². The van der Waals surface area contributed by atoms with Gasteiger partial charge in [0.25, 0.3) is 5.91 Å². The largest absolute Gasteiger partial charge is 0.493 e. The van der Waals surface area contributed by atoms with Crippen LogP contribution in [0.4, 0.5) is 0 Å². The molecule has 0 aromatic heterocycles. The van der Waals surface area contributed by atoms with Crippen molar-refractivity contribution < 1.29 is 9.53 Å². The highest BCUT2D eigenvalue weighted by Gasteiger charge is 2.24. The summed E-state index contributed by atoms with van der Waals surface area (Å²) >= 11 is 3.52. The quantitative estimate of drug-likeness (QED) is 0.795. The molecule has 0 saturated carbocycles. The highest BCUT2D eigenvalue weighted by atomic mass is 79.9. The van der Waals surface area contributed by atoms with Crippen LogP contribution in [-0.4, -0.2) is 35.8 Å². The number of rotatable bonds is 4. The van der Waals surface area contributed by atoms with Crippen molar-refractivity contribution in [2.24, 2.45) is 5.92 Å². The fourth-order valence-corrected chi connectivity index (χ4v) is 3.03. The molecule has 1 aromatic carbocycles. The summed E-state index contributed by atoms with van der Waals surface area (Å²) in [7, 11) is 0. The van der Waals surface area contributed by atoms with Crippen molar-refractivity contribution in [3.05, 3.63) is 29.8 Å². The second kappa shape index (κ2) is 6.94. The van der Waals surface area contributed by atoms with Crippen molar-refractivity contribution in [3.63, 3.8) is 0 Å². The van der Waals surface area contributed by atoms with Gasteiger partial charge in [0.2, 0.25) is 0 Å². The standard InChI is InChI=1S/C15H20BrNO2/c1-2-19-14-6-4-3-5-13(14)15(18)17-9-7-12(11-16)8-10-17/h3-6,12H,2,7-11H2,1H3. The number of hydrogen-bond acceptors (Lipinski definition) is 2. The topological polar surface area (TPSA) is 29.5 Å². The van der Waals surface area contributed by atoms with E-state index in [4.69, 9.17) is 4.74 Å². The molecule has 1 saturated heterocycles. The Labute approximate surface area is 123 Å². The molecule has 0 N–H and O–H groups in total. The Morgan fingerprint density at radius 1 is 1.37 bits per heavy atom. The Bertz CT molecular complexity index is 428. The predicted octanol–water partition coefficient (Wildman–Crippen LogP) is 3.33. The van der Waals surface area contributed by atoms with Crippen LogP contribution in [0.3, 0.4) is 0 Å². The van der Waals surface area contributed by atoms with Gasteiger partial charge in [-0.3, -0.25) is 4.79 Å². The minimum atomic E-state index is 0.0945. The molecule has 0 spiro atoms. The van der Waals surface area contributed by atoms with Crippen molar-refractivity contribution >= 4 is 21.8 Å². The van der Waals surface area contributed by atoms with Gasteiger partial charge < -0.3 is 9.64 Å². The second-order valence-electron chi connectivity index (χ2n) is 4.82. The van der Waals surface area contributed by atoms with E-state index >= 15 is 0 Å². The van der Waals surface area contributed by atoms with Gasteiger partial charge in [-0.05, 0) is 37.8 Å². The lowest BCUT2D eigenvalue weighted by Gasteiger charge is -2.31. The summed E-state index contributed by atoms with van der Waals surface area (Å²) in [6.07, 6.45) is 2.15. The van der Waals surface area contributed by atoms with Crippen LogP contribution in [0.2, 0.25) is 0 Å². The molecule has 0 aliphatic carbocycles. The second-order valence-corrected chi connectivity index (χ2v) is 5.47. The van der Waals surface area contributed by atoms with E-state index in [1.54, 1.807) is 0 Å². The lowest BCUT2D eigenvalue weighted by molar-refractivity contribution is 0.0695. The van der Waals surface area contributed by atoms with Gasteiger partial charge in [0, 0.05) is 18.4 Å². The number of para-hydroxylation sites is 1. The van der Waals surface area contributed by atoms with Gasteiger partial charge in [-0.25, -0.2) is 0 Å². The van der Waals surface area contributed by atoms with Gasteiger partial charge in [-0.2, -0.15) is 0 Å². The number of carbonyl (C=O) groups is 1. The van der Waals surface area contributed by atoms with Crippen LogP contribution in [0, 0.1) is 5.92 Å². The molecule has 104 valence electrons. The average Bonchev–Trinajstić information content (AvgIpc) is 2.47. The molecule has 4 heteroatoms. The molecule has 0 radical (unpaired) electrons. The third-order valence-corrected chi connectivity index (χ3v) is 4.45. The zero-order chi connectivity index (χ0) is 13.7. The van der Waals surface area contributed by atoms with E-state index in [0.29, 0.717) is 23.8 Å². The summed E-state index contributed by atoms with van der Waals surface area (Å²) in [5.74, 6) is 1.49. The Hall–Kier alpha value is -1.03. The number of amides is 1. The first-order chi connectivity index (χ1) is 9.26. The summed E-state index contributed by atoms with van der Waals surface area (Å²) in [6.45, 7) is 4.20. The minimum absolute atomic E-state index is 0.0945. The fourth-order valence-electron chi connectivity index (χ4n) is 2.39. The van der Waals surface area contributed by atoms with Gasteiger partial charge in [-0.15, -0.1) is 0 Å². The summed E-state index contributed by atoms with van der Waals surface area (Å²) < 4.78 is 5.54. The van der Waals surface area contributed by atoms with Crippen LogP contribution in [0.5, 0.6) is 5.75 Å². The van der Waals surface area contributed by atoms with Crippen molar-refractivity contribution in [3.8, 4) is 5.75 Å². The molecule has 1 aromatic rings. The molecule has 1 aliphatic heterocycles. The smallest absolute Gasteiger partial charge is 0.257 e. The maximum atomic E-state index is 12.5. The first kappa shape index (κ1) is 14.4. The molecule has 19 heavy (non-hydrogen) atoms. The average molecular weight is 326 g/mol. The minimum Gasteiger partial charge on any atom is -0.493 e. The molecule has 3 nitrogen and oxygen atoms in total. The molecular formula is C15H20BrNO2. The van der Waals surface area contributed by atoms with E-state index < -0.39 is 0 Å². The molecule has 1 aliphatic rings. The van der Waals surface area contributed by atoms with Gasteiger partial charge in [0.15, 0.2) is 0 Å². The molecule has 0 atom stereocenters. The highest BCUT2D eigenvalue weighted by molar-refractivity contribution is 9.09. The number of piperidine rings is 1. The molecule has 0 unspecified atom stereocenters. The van der Waals surface area contributed by atoms with Gasteiger partial charge >= 0.3 is 0 Å². The number of halogens is 1. The number of carbonyl (C=O) groups excluding carboxylic acids is 1. The number of hydrogen-bond donors (Lipinski definition) is 0. The Kier molecular flexibility index (Phi) is 5.25. The maximum absolute atomic E-state index is 12.5. The number of likely N-dealkylation sites (tertiary alicyclic amines) is 1. The van der Waals surface area contributed by atoms with Crippen LogP contribution in [0.25, 0.3) is 0 Å². The van der Waals surface area contributed by atoms with E-state index in [-0.39, 0.29) is 5.91 Å². The number of ether oxygens (including phenoxy) is 1. The van der Waals surface area contributed by atoms with Crippen molar-refractivity contribution in [2.45, 2.75) is 19.8 Å². The van der Waals surface area contributed by atoms with Crippen LogP contribution < -0.4 is 4.74 Å². The number of nitrogens with zero attached hydrogens (tertiary/aromatic N) is 1. The summed E-state index contributed by atoms with van der Waals surface area (Å²) in [5.41, 5.74) is 0.682. The van der Waals surface area contributed by atoms with Crippen LogP contribution in [0.1, 0.15) is 30.1 Å². The SMILES string of the molecule is CCOc1ccccc1C(=O)N1CCC(CBr)CC1. The highest BCUT2D eigenvalue weighted by Crippen LogP contribution is 2.24. The Morgan fingerprint density at radius 2 is 2.05 bits per heavy atom. The summed E-state index contributed by atoms with van der Waals surface area (Å²) in [4.78, 5) is 14.5. The van der Waals surface area contributed by atoms with E-state index in [2.05, 4.69) is 15.9 Å². The van der Waals surface area contributed by atoms with Gasteiger partial charge in [0.1, 0.15) is 5.75 Å². The molecule has 1 heterocycles. The number of benzene rings is 1. The predicted molar refractivity (Wildman–Crippen MR) is 80.0 cm³/mol. The van der Waals surface area contributed by atoms with Crippen molar-refractivity contribution in [1.82, 2.24) is 4.90 Å². The molecule has 1 amide bonds. The first-order valence-electron chi connectivity index (χ1n) is 6.83. The Balaban J connectivity index is 2.07. The van der Waals surface area contributed by atoms with Crippen LogP contribution in [0.15, 0.2) is 24.3 Å². The summed E-state index contributed by atoms with van der Waals surface area (Å²) in [5, 5.41) is 1.03. The third-order valence-electron chi connectivity index (χ3n) is 3.54. The van der Waals surface area contributed by atoms with Gasteiger partial charge in [0.05, 0.1) is 12.2 Å². The lowest BCUT2D eigenvalue weighted by Crippen LogP contribution is -2.39. The van der Waals surface area contributed by atoms with Crippen molar-refractivity contribution in [1.29, 1.82) is 0 Å². The zero-order valence-electron chi connectivity index (χ0n) is 11.3. The normalized spacial score (nSPS) is 16.4. The maximum Gasteiger partial charge on any atom is 0.257 e. The van der Waals surface area contributed by atoms with E-state index in [9.17, 15) is 4.79 Å². The van der Waals surface area contributed by atoms with Crippen molar-refractivity contribution in [2.75, 3.05) is 25.0 Å². The fraction of sp³-hybridized carbons (Fsp3) is 0.533. The monoisotopic (exact) mass is 325 g/mol. The lowest BCUT2D eigenvalue weighted by atomic mass is 9.98. The Morgan fingerprint density at radius 3 is 2.68 bits per heavy atom. The zero-order valence-corrected chi connectivity index (χ0v) is 12.9. The van der Waals surface area contributed by atoms with Crippen LogP contribution >= 0.6 is 15.9 Å².